The van der Waals surface area contributed by atoms with E-state index < -0.39 is 11.5 Å². The fourth-order valence-corrected chi connectivity index (χ4v) is 3.12. The van der Waals surface area contributed by atoms with Gasteiger partial charge < -0.3 is 9.88 Å². The van der Waals surface area contributed by atoms with Crippen LogP contribution in [0.2, 0.25) is 15.1 Å². The van der Waals surface area contributed by atoms with Crippen molar-refractivity contribution in [3.63, 3.8) is 0 Å². The van der Waals surface area contributed by atoms with Gasteiger partial charge in [0.2, 0.25) is 0 Å². The van der Waals surface area contributed by atoms with Gasteiger partial charge in [-0.05, 0) is 48.0 Å². The summed E-state index contributed by atoms with van der Waals surface area (Å²) in [5.41, 5.74) is 0.847. The first-order valence-electron chi connectivity index (χ1n) is 7.64. The number of nitrogens with one attached hydrogen (secondary N) is 1. The number of hydrogen-bond donors (Lipinski definition) is 1. The summed E-state index contributed by atoms with van der Waals surface area (Å²) in [6.07, 6.45) is 1.62. The normalized spacial score (nSPS) is 10.6. The summed E-state index contributed by atoms with van der Waals surface area (Å²) in [7, 11) is 0. The molecule has 1 amide bonds. The molecule has 2 aromatic carbocycles. The predicted molar refractivity (Wildman–Crippen MR) is 106 cm³/mol. The number of pyridine rings is 1. The molecule has 3 aromatic rings. The average molecular weight is 408 g/mol. The van der Waals surface area contributed by atoms with Gasteiger partial charge in [-0.25, -0.2) is 0 Å². The van der Waals surface area contributed by atoms with Gasteiger partial charge in [0.15, 0.2) is 0 Å². The first-order chi connectivity index (χ1) is 12.4. The van der Waals surface area contributed by atoms with Gasteiger partial charge in [-0.15, -0.1) is 0 Å². The Hall–Kier alpha value is -2.27. The van der Waals surface area contributed by atoms with Gasteiger partial charge in [0.25, 0.3) is 11.5 Å². The fourth-order valence-electron chi connectivity index (χ4n) is 2.45. The molecule has 1 aromatic heterocycles. The number of amides is 1. The Bertz CT molecular complexity index is 1030. The molecule has 3 rings (SSSR count). The third-order valence-corrected chi connectivity index (χ3v) is 4.47. The summed E-state index contributed by atoms with van der Waals surface area (Å²) in [5.74, 6) is -0.542. The lowest BCUT2D eigenvalue weighted by Crippen LogP contribution is -2.29. The second kappa shape index (κ2) is 7.96. The lowest BCUT2D eigenvalue weighted by Gasteiger charge is -2.10. The minimum Gasteiger partial charge on any atom is -0.320 e. The number of carbonyl (C=O) groups is 1. The van der Waals surface area contributed by atoms with Gasteiger partial charge >= 0.3 is 0 Å². The molecule has 4 nitrogen and oxygen atoms in total. The van der Waals surface area contributed by atoms with E-state index in [-0.39, 0.29) is 5.56 Å². The Morgan fingerprint density at radius 2 is 1.73 bits per heavy atom. The van der Waals surface area contributed by atoms with Crippen LogP contribution in [0.4, 0.5) is 5.69 Å². The molecule has 132 valence electrons. The van der Waals surface area contributed by atoms with Crippen LogP contribution in [-0.4, -0.2) is 10.5 Å². The average Bonchev–Trinajstić information content (AvgIpc) is 2.59. The fraction of sp³-hybridized carbons (Fsp3) is 0.0526. The maximum atomic E-state index is 12.6. The molecule has 0 radical (unpaired) electrons. The van der Waals surface area contributed by atoms with E-state index in [9.17, 15) is 9.59 Å². The SMILES string of the molecule is O=C(Nc1ccc(Cl)cc1Cl)c1cccn(Cc2cccc(Cl)c2)c1=O. The molecule has 0 unspecified atom stereocenters. The van der Waals surface area contributed by atoms with Crippen LogP contribution in [0.15, 0.2) is 65.6 Å². The highest BCUT2D eigenvalue weighted by Crippen LogP contribution is 2.25. The summed E-state index contributed by atoms with van der Waals surface area (Å²) in [5, 5.41) is 3.96. The van der Waals surface area contributed by atoms with Crippen LogP contribution in [0.3, 0.4) is 0 Å². The Kier molecular flexibility index (Phi) is 5.67. The van der Waals surface area contributed by atoms with Crippen molar-refractivity contribution in [2.24, 2.45) is 0 Å². The number of aromatic nitrogens is 1. The highest BCUT2D eigenvalue weighted by molar-refractivity contribution is 6.36. The zero-order valence-electron chi connectivity index (χ0n) is 13.4. The van der Waals surface area contributed by atoms with E-state index in [0.717, 1.165) is 5.56 Å². The summed E-state index contributed by atoms with van der Waals surface area (Å²) < 4.78 is 1.45. The van der Waals surface area contributed by atoms with E-state index in [0.29, 0.717) is 27.3 Å². The number of carbonyl (C=O) groups excluding carboxylic acids is 1. The molecule has 0 saturated carbocycles. The summed E-state index contributed by atoms with van der Waals surface area (Å²) in [4.78, 5) is 25.1. The van der Waals surface area contributed by atoms with Crippen LogP contribution in [0.25, 0.3) is 0 Å². The number of halogens is 3. The molecule has 26 heavy (non-hydrogen) atoms. The summed E-state index contributed by atoms with van der Waals surface area (Å²) in [6, 6.07) is 15.0. The lowest BCUT2D eigenvalue weighted by molar-refractivity contribution is 0.102. The van der Waals surface area contributed by atoms with Gasteiger partial charge in [-0.3, -0.25) is 9.59 Å². The van der Waals surface area contributed by atoms with Crippen LogP contribution < -0.4 is 10.9 Å². The number of anilines is 1. The number of benzene rings is 2. The zero-order chi connectivity index (χ0) is 18.7. The molecule has 0 spiro atoms. The molecule has 0 aliphatic rings. The van der Waals surface area contributed by atoms with E-state index in [1.165, 1.54) is 16.7 Å². The topological polar surface area (TPSA) is 51.1 Å². The quantitative estimate of drug-likeness (QED) is 0.653. The Morgan fingerprint density at radius 1 is 0.962 bits per heavy atom. The predicted octanol–water partition coefficient (Wildman–Crippen LogP) is 5.11. The van der Waals surface area contributed by atoms with Crippen LogP contribution in [-0.2, 0) is 6.54 Å². The molecular weight excluding hydrogens is 395 g/mol. The van der Waals surface area contributed by atoms with Crippen LogP contribution >= 0.6 is 34.8 Å². The molecule has 0 saturated heterocycles. The van der Waals surface area contributed by atoms with E-state index >= 15 is 0 Å². The monoisotopic (exact) mass is 406 g/mol. The van der Waals surface area contributed by atoms with E-state index in [1.807, 2.05) is 12.1 Å². The lowest BCUT2D eigenvalue weighted by atomic mass is 10.2. The number of hydrogen-bond acceptors (Lipinski definition) is 2. The Morgan fingerprint density at radius 3 is 2.46 bits per heavy atom. The largest absolute Gasteiger partial charge is 0.320 e. The Labute approximate surface area is 164 Å². The molecule has 1 N–H and O–H groups in total. The van der Waals surface area contributed by atoms with Crippen molar-refractivity contribution in [2.75, 3.05) is 5.32 Å². The van der Waals surface area contributed by atoms with E-state index in [1.54, 1.807) is 36.5 Å². The zero-order valence-corrected chi connectivity index (χ0v) is 15.6. The second-order valence-electron chi connectivity index (χ2n) is 5.56. The smallest absolute Gasteiger partial charge is 0.263 e. The van der Waals surface area contributed by atoms with Crippen LogP contribution in [0, 0.1) is 0 Å². The van der Waals surface area contributed by atoms with Crippen molar-refractivity contribution in [1.82, 2.24) is 4.57 Å². The highest BCUT2D eigenvalue weighted by Gasteiger charge is 2.14. The number of rotatable bonds is 4. The molecule has 0 bridgehead atoms. The molecule has 0 atom stereocenters. The van der Waals surface area contributed by atoms with Crippen molar-refractivity contribution in [3.05, 3.63) is 97.3 Å². The van der Waals surface area contributed by atoms with Gasteiger partial charge in [-0.2, -0.15) is 0 Å². The van der Waals surface area contributed by atoms with Gasteiger partial charge in [0.05, 0.1) is 17.3 Å². The standard InChI is InChI=1S/C19H13Cl3N2O2/c20-13-4-1-3-12(9-13)11-24-8-2-5-15(19(24)26)18(25)23-17-7-6-14(21)10-16(17)22/h1-10H,11H2,(H,23,25). The molecule has 7 heteroatoms. The van der Waals surface area contributed by atoms with E-state index in [2.05, 4.69) is 5.32 Å². The van der Waals surface area contributed by atoms with Gasteiger partial charge in [0, 0.05) is 16.2 Å². The third-order valence-electron chi connectivity index (χ3n) is 3.69. The summed E-state index contributed by atoms with van der Waals surface area (Å²) >= 11 is 17.9. The minimum absolute atomic E-state index is 0.0144. The number of nitrogens with zero attached hydrogens (tertiary/aromatic N) is 1. The second-order valence-corrected chi connectivity index (χ2v) is 6.84. The molecular formula is C19H13Cl3N2O2. The first kappa shape index (κ1) is 18.5. The molecule has 0 fully saturated rings. The van der Waals surface area contributed by atoms with Crippen LogP contribution in [0.1, 0.15) is 15.9 Å². The van der Waals surface area contributed by atoms with Crippen molar-refractivity contribution in [3.8, 4) is 0 Å². The first-order valence-corrected chi connectivity index (χ1v) is 8.78. The van der Waals surface area contributed by atoms with E-state index in [4.69, 9.17) is 34.8 Å². The highest BCUT2D eigenvalue weighted by atomic mass is 35.5. The Balaban J connectivity index is 1.86. The maximum Gasteiger partial charge on any atom is 0.263 e. The van der Waals surface area contributed by atoms with Gasteiger partial charge in [0.1, 0.15) is 5.56 Å². The summed E-state index contributed by atoms with van der Waals surface area (Å²) in [6.45, 7) is 0.308. The third kappa shape index (κ3) is 4.28. The van der Waals surface area contributed by atoms with Crippen molar-refractivity contribution in [1.29, 1.82) is 0 Å². The van der Waals surface area contributed by atoms with Gasteiger partial charge in [-0.1, -0.05) is 46.9 Å². The van der Waals surface area contributed by atoms with Crippen LogP contribution in [0.5, 0.6) is 0 Å². The van der Waals surface area contributed by atoms with Crippen molar-refractivity contribution >= 4 is 46.4 Å². The maximum absolute atomic E-state index is 12.6. The van der Waals surface area contributed by atoms with Crippen molar-refractivity contribution < 1.29 is 4.79 Å². The van der Waals surface area contributed by atoms with Crippen molar-refractivity contribution in [2.45, 2.75) is 6.54 Å². The molecule has 1 heterocycles. The molecule has 0 aliphatic carbocycles. The molecule has 0 aliphatic heterocycles. The minimum atomic E-state index is -0.542.